The van der Waals surface area contributed by atoms with Gasteiger partial charge in [-0.3, -0.25) is 0 Å². The van der Waals surface area contributed by atoms with Crippen LogP contribution in [-0.4, -0.2) is 6.04 Å². The van der Waals surface area contributed by atoms with E-state index in [4.69, 9.17) is 5.73 Å². The van der Waals surface area contributed by atoms with Crippen molar-refractivity contribution in [3.63, 3.8) is 0 Å². The summed E-state index contributed by atoms with van der Waals surface area (Å²) in [6.45, 7) is 4.24. The molecule has 0 aliphatic carbocycles. The first-order valence-electron chi connectivity index (χ1n) is 5.79. The lowest BCUT2D eigenvalue weighted by molar-refractivity contribution is 0.727. The molecule has 0 aliphatic heterocycles. The van der Waals surface area contributed by atoms with Crippen LogP contribution in [0, 0.1) is 6.92 Å². The van der Waals surface area contributed by atoms with Crippen molar-refractivity contribution in [1.82, 2.24) is 0 Å². The normalized spacial score (nSPS) is 14.4. The van der Waals surface area contributed by atoms with Crippen LogP contribution in [0.15, 0.2) is 45.1 Å². The molecule has 18 heavy (non-hydrogen) atoms. The summed E-state index contributed by atoms with van der Waals surface area (Å²) >= 11 is 7.10. The zero-order valence-electron chi connectivity index (χ0n) is 10.4. The van der Waals surface area contributed by atoms with Crippen LogP contribution in [0.25, 0.3) is 0 Å². The van der Waals surface area contributed by atoms with Gasteiger partial charge < -0.3 is 5.73 Å². The third-order valence-electron chi connectivity index (χ3n) is 2.71. The molecule has 2 rings (SSSR count). The van der Waals surface area contributed by atoms with Crippen molar-refractivity contribution in [1.29, 1.82) is 0 Å². The molecular formula is C14H16BrNS2. The van der Waals surface area contributed by atoms with Crippen LogP contribution in [0.1, 0.15) is 22.6 Å². The van der Waals surface area contributed by atoms with Crippen molar-refractivity contribution in [2.45, 2.75) is 30.0 Å². The maximum atomic E-state index is 6.15. The SMILES string of the molecule is Cc1ccsc1C(Sc1ccc(Br)cc1)C(C)N. The highest BCUT2D eigenvalue weighted by Crippen LogP contribution is 2.41. The summed E-state index contributed by atoms with van der Waals surface area (Å²) in [5.41, 5.74) is 7.49. The van der Waals surface area contributed by atoms with E-state index in [0.717, 1.165) is 4.47 Å². The third kappa shape index (κ3) is 3.38. The zero-order valence-corrected chi connectivity index (χ0v) is 13.6. The minimum Gasteiger partial charge on any atom is -0.327 e. The number of nitrogens with two attached hydrogens (primary N) is 1. The van der Waals surface area contributed by atoms with Crippen molar-refractivity contribution in [2.24, 2.45) is 5.73 Å². The molecule has 2 atom stereocenters. The maximum Gasteiger partial charge on any atom is 0.0589 e. The summed E-state index contributed by atoms with van der Waals surface area (Å²) in [7, 11) is 0. The molecule has 0 spiro atoms. The maximum absolute atomic E-state index is 6.15. The van der Waals surface area contributed by atoms with Crippen LogP contribution in [0.3, 0.4) is 0 Å². The quantitative estimate of drug-likeness (QED) is 0.792. The predicted molar refractivity (Wildman–Crippen MR) is 85.4 cm³/mol. The Kier molecular flexibility index (Phi) is 4.90. The molecule has 4 heteroatoms. The van der Waals surface area contributed by atoms with Gasteiger partial charge in [0.05, 0.1) is 5.25 Å². The van der Waals surface area contributed by atoms with Gasteiger partial charge in [0.15, 0.2) is 0 Å². The zero-order chi connectivity index (χ0) is 13.1. The first kappa shape index (κ1) is 14.1. The lowest BCUT2D eigenvalue weighted by Gasteiger charge is -2.20. The number of hydrogen-bond donors (Lipinski definition) is 1. The molecule has 0 fully saturated rings. The molecule has 2 aromatic rings. The van der Waals surface area contributed by atoms with Crippen LogP contribution in [0.2, 0.25) is 0 Å². The summed E-state index contributed by atoms with van der Waals surface area (Å²) in [5.74, 6) is 0. The largest absolute Gasteiger partial charge is 0.327 e. The summed E-state index contributed by atoms with van der Waals surface area (Å²) in [6.07, 6.45) is 0. The van der Waals surface area contributed by atoms with Gasteiger partial charge in [-0.25, -0.2) is 0 Å². The van der Waals surface area contributed by atoms with E-state index in [2.05, 4.69) is 65.5 Å². The van der Waals surface area contributed by atoms with Crippen molar-refractivity contribution < 1.29 is 0 Å². The molecule has 1 aromatic carbocycles. The van der Waals surface area contributed by atoms with Gasteiger partial charge >= 0.3 is 0 Å². The number of halogens is 1. The van der Waals surface area contributed by atoms with Crippen LogP contribution in [-0.2, 0) is 0 Å². The minimum atomic E-state index is 0.135. The molecular weight excluding hydrogens is 326 g/mol. The van der Waals surface area contributed by atoms with E-state index in [9.17, 15) is 0 Å². The smallest absolute Gasteiger partial charge is 0.0589 e. The minimum absolute atomic E-state index is 0.135. The summed E-state index contributed by atoms with van der Waals surface area (Å²) in [5, 5.41) is 2.47. The van der Waals surface area contributed by atoms with Crippen LogP contribution in [0.4, 0.5) is 0 Å². The van der Waals surface area contributed by atoms with E-state index in [-0.39, 0.29) is 6.04 Å². The Morgan fingerprint density at radius 3 is 2.39 bits per heavy atom. The summed E-state index contributed by atoms with van der Waals surface area (Å²) in [4.78, 5) is 2.64. The van der Waals surface area contributed by atoms with E-state index < -0.39 is 0 Å². The molecule has 0 bridgehead atoms. The number of thiophene rings is 1. The Morgan fingerprint density at radius 1 is 1.22 bits per heavy atom. The van der Waals surface area contributed by atoms with Crippen LogP contribution < -0.4 is 5.73 Å². The van der Waals surface area contributed by atoms with Gasteiger partial charge in [0, 0.05) is 20.3 Å². The van der Waals surface area contributed by atoms with Crippen molar-refractivity contribution in [2.75, 3.05) is 0 Å². The van der Waals surface area contributed by atoms with Crippen molar-refractivity contribution >= 4 is 39.0 Å². The molecule has 1 nitrogen and oxygen atoms in total. The summed E-state index contributed by atoms with van der Waals surface area (Å²) in [6, 6.07) is 10.7. The fourth-order valence-corrected chi connectivity index (χ4v) is 4.43. The average Bonchev–Trinajstić information content (AvgIpc) is 2.74. The standard InChI is InChI=1S/C14H16BrNS2/c1-9-7-8-17-13(9)14(10(2)16)18-12-5-3-11(15)4-6-12/h3-8,10,14H,16H2,1-2H3. The molecule has 2 unspecified atom stereocenters. The number of rotatable bonds is 4. The Morgan fingerprint density at radius 2 is 1.89 bits per heavy atom. The summed E-state index contributed by atoms with van der Waals surface area (Å²) < 4.78 is 1.11. The van der Waals surface area contributed by atoms with E-state index in [1.807, 2.05) is 11.8 Å². The molecule has 0 amide bonds. The van der Waals surface area contributed by atoms with Gasteiger partial charge in [-0.05, 0) is 55.1 Å². The van der Waals surface area contributed by atoms with Gasteiger partial charge in [0.2, 0.25) is 0 Å². The lowest BCUT2D eigenvalue weighted by atomic mass is 10.1. The monoisotopic (exact) mass is 341 g/mol. The molecule has 0 radical (unpaired) electrons. The predicted octanol–water partition coefficient (Wildman–Crippen LogP) is 5.00. The highest BCUT2D eigenvalue weighted by Gasteiger charge is 2.20. The second kappa shape index (κ2) is 6.24. The van der Waals surface area contributed by atoms with Gasteiger partial charge in [0.1, 0.15) is 0 Å². The van der Waals surface area contributed by atoms with Crippen LogP contribution >= 0.6 is 39.0 Å². The fourth-order valence-electron chi connectivity index (χ4n) is 1.74. The molecule has 1 aromatic heterocycles. The van der Waals surface area contributed by atoms with Crippen molar-refractivity contribution in [3.05, 3.63) is 50.6 Å². The molecule has 2 N–H and O–H groups in total. The third-order valence-corrected chi connectivity index (χ3v) is 5.96. The first-order chi connectivity index (χ1) is 8.58. The molecule has 96 valence electrons. The fraction of sp³-hybridized carbons (Fsp3) is 0.286. The van der Waals surface area contributed by atoms with Gasteiger partial charge in [-0.2, -0.15) is 0 Å². The molecule has 0 aliphatic rings. The first-order valence-corrected chi connectivity index (χ1v) is 8.35. The highest BCUT2D eigenvalue weighted by molar-refractivity contribution is 9.10. The molecule has 0 saturated carbocycles. The van der Waals surface area contributed by atoms with E-state index >= 15 is 0 Å². The Hall–Kier alpha value is -0.290. The second-order valence-corrected chi connectivity index (χ2v) is 7.40. The van der Waals surface area contributed by atoms with Gasteiger partial charge in [-0.1, -0.05) is 15.9 Å². The number of hydrogen-bond acceptors (Lipinski definition) is 3. The lowest BCUT2D eigenvalue weighted by Crippen LogP contribution is -2.22. The average molecular weight is 342 g/mol. The van der Waals surface area contributed by atoms with E-state index in [0.29, 0.717) is 5.25 Å². The van der Waals surface area contributed by atoms with Crippen molar-refractivity contribution in [3.8, 4) is 0 Å². The number of thioether (sulfide) groups is 1. The Labute approximate surface area is 125 Å². The van der Waals surface area contributed by atoms with E-state index in [1.54, 1.807) is 11.3 Å². The van der Waals surface area contributed by atoms with E-state index in [1.165, 1.54) is 15.3 Å². The molecule has 0 saturated heterocycles. The number of aryl methyl sites for hydroxylation is 1. The van der Waals surface area contributed by atoms with Gasteiger partial charge in [0.25, 0.3) is 0 Å². The number of benzene rings is 1. The Bertz CT molecular complexity index is 505. The van der Waals surface area contributed by atoms with Crippen LogP contribution in [0.5, 0.6) is 0 Å². The Balaban J connectivity index is 2.22. The highest BCUT2D eigenvalue weighted by atomic mass is 79.9. The topological polar surface area (TPSA) is 26.0 Å². The van der Waals surface area contributed by atoms with Gasteiger partial charge in [-0.15, -0.1) is 23.1 Å². The second-order valence-electron chi connectivity index (χ2n) is 4.32. The molecule has 1 heterocycles.